The fourth-order valence-electron chi connectivity index (χ4n) is 2.50. The van der Waals surface area contributed by atoms with Crippen LogP contribution < -0.4 is 5.32 Å². The highest BCUT2D eigenvalue weighted by Crippen LogP contribution is 2.24. The molecule has 2 rings (SSSR count). The second-order valence-electron chi connectivity index (χ2n) is 5.42. The van der Waals surface area contributed by atoms with Crippen molar-refractivity contribution in [3.63, 3.8) is 0 Å². The zero-order chi connectivity index (χ0) is 16.9. The van der Waals surface area contributed by atoms with Gasteiger partial charge in [-0.15, -0.1) is 11.8 Å². The summed E-state index contributed by atoms with van der Waals surface area (Å²) in [6.07, 6.45) is -2.23. The smallest absolute Gasteiger partial charge is 0.324 e. The first kappa shape index (κ1) is 18.1. The maximum atomic E-state index is 12.3. The Morgan fingerprint density at radius 2 is 1.78 bits per heavy atom. The van der Waals surface area contributed by atoms with Gasteiger partial charge >= 0.3 is 6.18 Å². The maximum Gasteiger partial charge on any atom is 0.401 e. The van der Waals surface area contributed by atoms with Crippen LogP contribution in [-0.2, 0) is 4.79 Å². The number of alkyl halides is 3. The average Bonchev–Trinajstić information content (AvgIpc) is 2.48. The number of carbonyl (C=O) groups is 1. The van der Waals surface area contributed by atoms with Gasteiger partial charge in [-0.25, -0.2) is 0 Å². The Morgan fingerprint density at radius 3 is 2.39 bits per heavy atom. The van der Waals surface area contributed by atoms with E-state index >= 15 is 0 Å². The molecule has 0 radical (unpaired) electrons. The first-order chi connectivity index (χ1) is 10.9. The summed E-state index contributed by atoms with van der Waals surface area (Å²) in [7, 11) is 0. The molecule has 0 unspecified atom stereocenters. The van der Waals surface area contributed by atoms with Crippen LogP contribution in [0.5, 0.6) is 0 Å². The molecule has 0 aliphatic carbocycles. The third-order valence-corrected chi connectivity index (χ3v) is 4.41. The van der Waals surface area contributed by atoms with Crippen LogP contribution in [0, 0.1) is 0 Å². The second-order valence-corrected chi connectivity index (χ2v) is 6.26. The minimum absolute atomic E-state index is 0.143. The fourth-order valence-corrected chi connectivity index (χ4v) is 3.05. The van der Waals surface area contributed by atoms with E-state index in [1.165, 1.54) is 4.90 Å². The summed E-state index contributed by atoms with van der Waals surface area (Å²) in [6.45, 7) is 0.903. The van der Waals surface area contributed by atoms with Gasteiger partial charge in [0.15, 0.2) is 0 Å². The van der Waals surface area contributed by atoms with Gasteiger partial charge in [-0.05, 0) is 18.4 Å². The van der Waals surface area contributed by atoms with Crippen molar-refractivity contribution in [3.05, 3.63) is 24.3 Å². The molecule has 0 aromatic heterocycles. The number of hydrogen-bond acceptors (Lipinski definition) is 4. The summed E-state index contributed by atoms with van der Waals surface area (Å²) in [5.74, 6) is -0.143. The third kappa shape index (κ3) is 6.04. The molecule has 128 valence electrons. The molecule has 1 saturated heterocycles. The molecule has 1 aliphatic rings. The quantitative estimate of drug-likeness (QED) is 0.831. The summed E-state index contributed by atoms with van der Waals surface area (Å²) >= 11 is 1.55. The lowest BCUT2D eigenvalue weighted by Crippen LogP contribution is -2.50. The van der Waals surface area contributed by atoms with Crippen LogP contribution in [0.4, 0.5) is 18.9 Å². The lowest BCUT2D eigenvalue weighted by Gasteiger charge is -2.34. The summed E-state index contributed by atoms with van der Waals surface area (Å²) < 4.78 is 37.0. The minimum Gasteiger partial charge on any atom is -0.324 e. The summed E-state index contributed by atoms with van der Waals surface area (Å²) in [6, 6.07) is 7.52. The molecular weight excluding hydrogens is 327 g/mol. The van der Waals surface area contributed by atoms with Gasteiger partial charge in [0.05, 0.1) is 18.8 Å². The maximum absolute atomic E-state index is 12.3. The van der Waals surface area contributed by atoms with Crippen LogP contribution in [0.25, 0.3) is 0 Å². The molecule has 1 aliphatic heterocycles. The SMILES string of the molecule is CSc1ccccc1NC(=O)CN1CCN(CC(F)(F)F)CC1. The number of thioether (sulfide) groups is 1. The van der Waals surface area contributed by atoms with Crippen molar-refractivity contribution in [2.75, 3.05) is 50.8 Å². The molecule has 1 heterocycles. The molecule has 23 heavy (non-hydrogen) atoms. The van der Waals surface area contributed by atoms with E-state index in [0.29, 0.717) is 26.2 Å². The zero-order valence-electron chi connectivity index (χ0n) is 12.9. The van der Waals surface area contributed by atoms with Gasteiger partial charge in [0.25, 0.3) is 0 Å². The molecule has 1 aromatic rings. The molecule has 0 spiro atoms. The molecule has 1 fully saturated rings. The fraction of sp³-hybridized carbons (Fsp3) is 0.533. The van der Waals surface area contributed by atoms with Crippen molar-refractivity contribution in [1.29, 1.82) is 0 Å². The van der Waals surface area contributed by atoms with Crippen molar-refractivity contribution in [3.8, 4) is 0 Å². The number of nitrogens with one attached hydrogen (secondary N) is 1. The molecule has 4 nitrogen and oxygen atoms in total. The predicted octanol–water partition coefficient (Wildman–Crippen LogP) is 2.53. The van der Waals surface area contributed by atoms with E-state index in [4.69, 9.17) is 0 Å². The lowest BCUT2D eigenvalue weighted by molar-refractivity contribution is -0.149. The molecule has 0 bridgehead atoms. The van der Waals surface area contributed by atoms with E-state index in [1.807, 2.05) is 35.4 Å². The number of hydrogen-bond donors (Lipinski definition) is 1. The van der Waals surface area contributed by atoms with Gasteiger partial charge < -0.3 is 5.32 Å². The van der Waals surface area contributed by atoms with Crippen LogP contribution in [-0.4, -0.2) is 67.4 Å². The highest BCUT2D eigenvalue weighted by Gasteiger charge is 2.32. The van der Waals surface area contributed by atoms with Crippen molar-refractivity contribution >= 4 is 23.4 Å². The normalized spacial score (nSPS) is 17.2. The monoisotopic (exact) mass is 347 g/mol. The van der Waals surface area contributed by atoms with Crippen LogP contribution in [0.2, 0.25) is 0 Å². The minimum atomic E-state index is -4.17. The zero-order valence-corrected chi connectivity index (χ0v) is 13.7. The number of anilines is 1. The van der Waals surface area contributed by atoms with E-state index in [0.717, 1.165) is 10.6 Å². The van der Waals surface area contributed by atoms with Crippen LogP contribution in [0.1, 0.15) is 0 Å². The number of para-hydroxylation sites is 1. The van der Waals surface area contributed by atoms with Gasteiger partial charge in [0, 0.05) is 31.1 Å². The number of nitrogens with zero attached hydrogens (tertiary/aromatic N) is 2. The highest BCUT2D eigenvalue weighted by molar-refractivity contribution is 7.98. The van der Waals surface area contributed by atoms with Gasteiger partial charge in [0.1, 0.15) is 0 Å². The molecular formula is C15H20F3N3OS. The van der Waals surface area contributed by atoms with Gasteiger partial charge in [-0.3, -0.25) is 14.6 Å². The van der Waals surface area contributed by atoms with Gasteiger partial charge in [0.2, 0.25) is 5.91 Å². The van der Waals surface area contributed by atoms with Crippen molar-refractivity contribution in [2.24, 2.45) is 0 Å². The Bertz CT molecular complexity index is 531. The topological polar surface area (TPSA) is 35.6 Å². The molecule has 1 amide bonds. The van der Waals surface area contributed by atoms with Crippen LogP contribution in [0.15, 0.2) is 29.2 Å². The number of halogens is 3. The first-order valence-electron chi connectivity index (χ1n) is 7.32. The number of benzene rings is 1. The standard InChI is InChI=1S/C15H20F3N3OS/c1-23-13-5-3-2-4-12(13)19-14(22)10-20-6-8-21(9-7-20)11-15(16,17)18/h2-5H,6-11H2,1H3,(H,19,22). The summed E-state index contributed by atoms with van der Waals surface area (Å²) in [5, 5.41) is 2.86. The molecule has 1 aromatic carbocycles. The molecule has 8 heteroatoms. The Labute approximate surface area is 138 Å². The third-order valence-electron chi connectivity index (χ3n) is 3.62. The van der Waals surface area contributed by atoms with E-state index in [2.05, 4.69) is 5.32 Å². The highest BCUT2D eigenvalue weighted by atomic mass is 32.2. The number of carbonyl (C=O) groups excluding carboxylic acids is 1. The van der Waals surface area contributed by atoms with Crippen LogP contribution in [0.3, 0.4) is 0 Å². The van der Waals surface area contributed by atoms with E-state index in [1.54, 1.807) is 11.8 Å². The molecule has 0 atom stereocenters. The molecule has 1 N–H and O–H groups in total. The second kappa shape index (κ2) is 8.03. The van der Waals surface area contributed by atoms with Crippen molar-refractivity contribution in [1.82, 2.24) is 9.80 Å². The van der Waals surface area contributed by atoms with E-state index in [-0.39, 0.29) is 12.5 Å². The predicted molar refractivity (Wildman–Crippen MR) is 85.8 cm³/mol. The van der Waals surface area contributed by atoms with Crippen molar-refractivity contribution < 1.29 is 18.0 Å². The Morgan fingerprint density at radius 1 is 1.17 bits per heavy atom. The lowest BCUT2D eigenvalue weighted by atomic mass is 10.3. The number of rotatable bonds is 5. The Balaban J connectivity index is 1.79. The number of piperazine rings is 1. The average molecular weight is 347 g/mol. The van der Waals surface area contributed by atoms with E-state index in [9.17, 15) is 18.0 Å². The van der Waals surface area contributed by atoms with Crippen molar-refractivity contribution in [2.45, 2.75) is 11.1 Å². The molecule has 0 saturated carbocycles. The Kier molecular flexibility index (Phi) is 6.32. The van der Waals surface area contributed by atoms with Gasteiger partial charge in [-0.1, -0.05) is 12.1 Å². The largest absolute Gasteiger partial charge is 0.401 e. The summed E-state index contributed by atoms with van der Waals surface area (Å²) in [5.41, 5.74) is 0.765. The van der Waals surface area contributed by atoms with Gasteiger partial charge in [-0.2, -0.15) is 13.2 Å². The van der Waals surface area contributed by atoms with E-state index < -0.39 is 12.7 Å². The first-order valence-corrected chi connectivity index (χ1v) is 8.54. The van der Waals surface area contributed by atoms with Crippen LogP contribution >= 0.6 is 11.8 Å². The summed E-state index contributed by atoms with van der Waals surface area (Å²) in [4.78, 5) is 16.3. The number of amides is 1. The Hall–Kier alpha value is -1.25.